The number of hydrogen-bond acceptors (Lipinski definition) is 8. The smallest absolute Gasteiger partial charge is 0.777 e. The first-order chi connectivity index (χ1) is 13.4. The molecule has 10 heteroatoms. The minimum absolute atomic E-state index is 0. The predicted octanol–water partition coefficient (Wildman–Crippen LogP) is 0.426. The second-order valence-corrected chi connectivity index (χ2v) is 7.55. The molecule has 2 aromatic carbocycles. The molecule has 0 aliphatic rings. The second kappa shape index (κ2) is 11.7. The van der Waals surface area contributed by atoms with Crippen molar-refractivity contribution in [3.8, 4) is 23.0 Å². The number of benzene rings is 2. The van der Waals surface area contributed by atoms with Gasteiger partial charge in [0.1, 0.15) is 11.5 Å². The Hall–Kier alpha value is -1.41. The fourth-order valence-corrected chi connectivity index (χ4v) is 4.03. The van der Waals surface area contributed by atoms with E-state index in [2.05, 4.69) is 5.32 Å². The molecule has 2 atom stereocenters. The van der Waals surface area contributed by atoms with Gasteiger partial charge < -0.3 is 38.2 Å². The molecule has 0 aliphatic heterocycles. The van der Waals surface area contributed by atoms with E-state index < -0.39 is 13.4 Å². The van der Waals surface area contributed by atoms with Gasteiger partial charge in [-0.1, -0.05) is 0 Å². The average Bonchev–Trinajstić information content (AvgIpc) is 2.71. The molecule has 29 heavy (non-hydrogen) atoms. The quantitative estimate of drug-likeness (QED) is 0.426. The average molecular weight is 433 g/mol. The molecule has 0 saturated heterocycles. The summed E-state index contributed by atoms with van der Waals surface area (Å²) < 4.78 is 39.0. The van der Waals surface area contributed by atoms with Crippen LogP contribution in [0.5, 0.6) is 23.0 Å². The van der Waals surface area contributed by atoms with Gasteiger partial charge in [-0.25, -0.2) is 0 Å². The second-order valence-electron chi connectivity index (χ2n) is 5.69. The van der Waals surface area contributed by atoms with Crippen LogP contribution in [0.15, 0.2) is 36.4 Å². The monoisotopic (exact) mass is 433 g/mol. The summed E-state index contributed by atoms with van der Waals surface area (Å²) >= 11 is 0. The van der Waals surface area contributed by atoms with Crippen LogP contribution in [0.4, 0.5) is 5.69 Å². The van der Waals surface area contributed by atoms with Gasteiger partial charge in [0.15, 0.2) is 19.1 Å². The molecule has 0 bridgehead atoms. The minimum Gasteiger partial charge on any atom is -0.777 e. The zero-order valence-corrected chi connectivity index (χ0v) is 20.4. The summed E-state index contributed by atoms with van der Waals surface area (Å²) in [4.78, 5) is 12.8. The standard InChI is InChI=1S/C19H26NO7P.Na/c1-6-27-28(21,22)19(20-14-7-9-15(23-2)10-8-14)13-11-16(24-3)18(26-5)17(12-13)25-4;/h7-12,19-20H,6H2,1-5H3,(H,21,22);/q;+1/p-1. The third kappa shape index (κ3) is 6.28. The van der Waals surface area contributed by atoms with Crippen molar-refractivity contribution < 1.29 is 62.5 Å². The Kier molecular flexibility index (Phi) is 10.3. The number of ether oxygens (including phenoxy) is 4. The van der Waals surface area contributed by atoms with Crippen LogP contribution in [0.3, 0.4) is 0 Å². The van der Waals surface area contributed by atoms with Gasteiger partial charge in [-0.15, -0.1) is 0 Å². The molecule has 0 aromatic heterocycles. The van der Waals surface area contributed by atoms with Gasteiger partial charge in [0.25, 0.3) is 0 Å². The van der Waals surface area contributed by atoms with Crippen LogP contribution in [-0.4, -0.2) is 35.0 Å². The van der Waals surface area contributed by atoms with E-state index in [1.807, 2.05) is 0 Å². The molecular formula is C19H25NNaO7P. The molecule has 0 radical (unpaired) electrons. The Morgan fingerprint density at radius 2 is 1.52 bits per heavy atom. The first-order valence-electron chi connectivity index (χ1n) is 8.55. The predicted molar refractivity (Wildman–Crippen MR) is 105 cm³/mol. The van der Waals surface area contributed by atoms with E-state index in [1.165, 1.54) is 21.3 Å². The van der Waals surface area contributed by atoms with Crippen LogP contribution in [0.2, 0.25) is 0 Å². The molecule has 0 aliphatic carbocycles. The maximum Gasteiger partial charge on any atom is 1.00 e. The minimum atomic E-state index is -4.34. The van der Waals surface area contributed by atoms with Gasteiger partial charge in [0, 0.05) is 5.69 Å². The number of anilines is 1. The van der Waals surface area contributed by atoms with Gasteiger partial charge in [0.2, 0.25) is 5.75 Å². The maximum absolute atomic E-state index is 12.8. The molecule has 0 fully saturated rings. The van der Waals surface area contributed by atoms with Crippen LogP contribution >= 0.6 is 7.60 Å². The molecule has 8 nitrogen and oxygen atoms in total. The van der Waals surface area contributed by atoms with Crippen molar-refractivity contribution in [2.45, 2.75) is 12.7 Å². The summed E-state index contributed by atoms with van der Waals surface area (Å²) in [5, 5.41) is 3.00. The zero-order valence-electron chi connectivity index (χ0n) is 17.6. The summed E-state index contributed by atoms with van der Waals surface area (Å²) in [7, 11) is 1.63. The van der Waals surface area contributed by atoms with E-state index >= 15 is 0 Å². The van der Waals surface area contributed by atoms with E-state index in [-0.39, 0.29) is 36.2 Å². The van der Waals surface area contributed by atoms with Crippen LogP contribution in [-0.2, 0) is 9.09 Å². The fourth-order valence-electron chi connectivity index (χ4n) is 2.70. The van der Waals surface area contributed by atoms with Crippen molar-refractivity contribution in [1.29, 1.82) is 0 Å². The number of methoxy groups -OCH3 is 4. The summed E-state index contributed by atoms with van der Waals surface area (Å²) in [6.45, 7) is 1.64. The van der Waals surface area contributed by atoms with Crippen molar-refractivity contribution in [2.24, 2.45) is 0 Å². The molecule has 0 spiro atoms. The Labute approximate surface area is 193 Å². The van der Waals surface area contributed by atoms with E-state index in [9.17, 15) is 9.46 Å². The molecule has 0 heterocycles. The zero-order chi connectivity index (χ0) is 20.7. The van der Waals surface area contributed by atoms with Crippen molar-refractivity contribution in [3.63, 3.8) is 0 Å². The van der Waals surface area contributed by atoms with Crippen LogP contribution in [0, 0.1) is 0 Å². The Morgan fingerprint density at radius 3 is 1.93 bits per heavy atom. The van der Waals surface area contributed by atoms with Crippen LogP contribution < -0.4 is 58.7 Å². The topological polar surface area (TPSA) is 98.3 Å². The number of rotatable bonds is 10. The maximum atomic E-state index is 12.8. The van der Waals surface area contributed by atoms with Crippen molar-refractivity contribution >= 4 is 13.3 Å². The van der Waals surface area contributed by atoms with E-state index in [1.54, 1.807) is 50.4 Å². The van der Waals surface area contributed by atoms with Gasteiger partial charge >= 0.3 is 29.6 Å². The van der Waals surface area contributed by atoms with E-state index in [4.69, 9.17) is 23.5 Å². The van der Waals surface area contributed by atoms with E-state index in [0.717, 1.165) is 0 Å². The van der Waals surface area contributed by atoms with Crippen molar-refractivity contribution in [3.05, 3.63) is 42.0 Å². The molecule has 1 N–H and O–H groups in total. The van der Waals surface area contributed by atoms with Crippen molar-refractivity contribution in [1.82, 2.24) is 0 Å². The number of nitrogens with one attached hydrogen (secondary N) is 1. The molecule has 0 amide bonds. The summed E-state index contributed by atoms with van der Waals surface area (Å²) in [5.74, 6) is 0.540. The van der Waals surface area contributed by atoms with Gasteiger partial charge in [-0.3, -0.25) is 0 Å². The fraction of sp³-hybridized carbons (Fsp3) is 0.368. The molecule has 154 valence electrons. The number of hydrogen-bond donors (Lipinski definition) is 1. The van der Waals surface area contributed by atoms with Gasteiger partial charge in [-0.2, -0.15) is 0 Å². The Bertz CT molecular complexity index is 807. The third-order valence-corrected chi connectivity index (χ3v) is 5.70. The van der Waals surface area contributed by atoms with Crippen LogP contribution in [0.1, 0.15) is 18.3 Å². The SMILES string of the molecule is CCOP(=O)([O-])C(Nc1ccc(OC)cc1)c1cc(OC)c(OC)c(OC)c1.[Na+]. The third-order valence-electron chi connectivity index (χ3n) is 4.02. The molecule has 2 rings (SSSR count). The van der Waals surface area contributed by atoms with E-state index in [0.29, 0.717) is 34.2 Å². The van der Waals surface area contributed by atoms with Crippen LogP contribution in [0.25, 0.3) is 0 Å². The largest absolute Gasteiger partial charge is 1.00 e. The molecule has 2 aromatic rings. The van der Waals surface area contributed by atoms with Crippen molar-refractivity contribution in [2.75, 3.05) is 40.4 Å². The Morgan fingerprint density at radius 1 is 0.966 bits per heavy atom. The normalized spacial score (nSPS) is 13.4. The van der Waals surface area contributed by atoms with Gasteiger partial charge in [-0.05, 0) is 48.9 Å². The molecular weight excluding hydrogens is 408 g/mol. The van der Waals surface area contributed by atoms with Gasteiger partial charge in [0.05, 0.1) is 35.0 Å². The molecule has 2 unspecified atom stereocenters. The first-order valence-corrected chi connectivity index (χ1v) is 10.2. The first kappa shape index (κ1) is 25.6. The molecule has 0 saturated carbocycles. The Balaban J connectivity index is 0.00000420. The summed E-state index contributed by atoms with van der Waals surface area (Å²) in [6.07, 6.45) is 0. The summed E-state index contributed by atoms with van der Waals surface area (Å²) in [5.41, 5.74) is 0.965. The summed E-state index contributed by atoms with van der Waals surface area (Å²) in [6, 6.07) is 10.0.